The Hall–Kier alpha value is -1.33. The molecule has 0 aromatic rings. The molecule has 1 N–H and O–H groups in total. The van der Waals surface area contributed by atoms with Gasteiger partial charge in [0.05, 0.1) is 13.2 Å². The lowest BCUT2D eigenvalue weighted by molar-refractivity contribution is -0.528. The van der Waals surface area contributed by atoms with E-state index in [-0.39, 0.29) is 13.2 Å². The number of rotatable bonds is 5. The molecular formula is C13H21NO9. The first-order chi connectivity index (χ1) is 10.8. The lowest BCUT2D eigenvalue weighted by atomic mass is 9.96. The summed E-state index contributed by atoms with van der Waals surface area (Å²) in [7, 11) is 0. The third-order valence-electron chi connectivity index (χ3n) is 3.66. The van der Waals surface area contributed by atoms with E-state index in [0.29, 0.717) is 0 Å². The average molecular weight is 335 g/mol. The van der Waals surface area contributed by atoms with E-state index in [1.165, 1.54) is 6.92 Å². The molecule has 0 aromatic carbocycles. The minimum absolute atomic E-state index is 0.0334. The highest BCUT2D eigenvalue weighted by Crippen LogP contribution is 2.30. The van der Waals surface area contributed by atoms with Crippen LogP contribution in [-0.4, -0.2) is 72.3 Å². The minimum atomic E-state index is -1.97. The molecule has 10 nitrogen and oxygen atoms in total. The highest BCUT2D eigenvalue weighted by molar-refractivity contribution is 5.75. The summed E-state index contributed by atoms with van der Waals surface area (Å²) in [4.78, 5) is 22.1. The van der Waals surface area contributed by atoms with Crippen molar-refractivity contribution in [2.75, 3.05) is 13.2 Å². The van der Waals surface area contributed by atoms with Crippen molar-refractivity contribution in [2.24, 2.45) is 0 Å². The molecule has 0 bridgehead atoms. The maximum absolute atomic E-state index is 11.8. The number of aliphatic hydroxyl groups is 1. The van der Waals surface area contributed by atoms with E-state index >= 15 is 0 Å². The maximum Gasteiger partial charge on any atom is 0.384 e. The van der Waals surface area contributed by atoms with Crippen molar-refractivity contribution in [3.63, 3.8) is 0 Å². The zero-order valence-corrected chi connectivity index (χ0v) is 13.1. The third kappa shape index (κ3) is 3.96. The lowest BCUT2D eigenvalue weighted by Gasteiger charge is -2.45. The molecule has 10 heteroatoms. The first kappa shape index (κ1) is 18.0. The van der Waals surface area contributed by atoms with Crippen LogP contribution in [0.2, 0.25) is 0 Å². The van der Waals surface area contributed by atoms with Crippen molar-refractivity contribution >= 4 is 5.97 Å². The third-order valence-corrected chi connectivity index (χ3v) is 3.66. The van der Waals surface area contributed by atoms with Crippen LogP contribution in [0.1, 0.15) is 20.8 Å². The van der Waals surface area contributed by atoms with Crippen LogP contribution in [0.4, 0.5) is 0 Å². The van der Waals surface area contributed by atoms with E-state index in [2.05, 4.69) is 4.74 Å². The van der Waals surface area contributed by atoms with E-state index in [9.17, 15) is 20.0 Å². The molecule has 23 heavy (non-hydrogen) atoms. The molecule has 7 atom stereocenters. The molecule has 0 saturated carbocycles. The Morgan fingerprint density at radius 3 is 2.65 bits per heavy atom. The van der Waals surface area contributed by atoms with Crippen LogP contribution in [0, 0.1) is 10.1 Å². The number of hydrogen-bond acceptors (Lipinski definition) is 9. The molecule has 2 heterocycles. The molecule has 2 aliphatic heterocycles. The first-order valence-corrected chi connectivity index (χ1v) is 7.41. The van der Waals surface area contributed by atoms with Gasteiger partial charge in [0.2, 0.25) is 0 Å². The van der Waals surface area contributed by atoms with Crippen LogP contribution in [-0.2, 0) is 28.5 Å². The summed E-state index contributed by atoms with van der Waals surface area (Å²) in [5, 5.41) is 21.6. The van der Waals surface area contributed by atoms with Crippen molar-refractivity contribution in [1.29, 1.82) is 0 Å². The van der Waals surface area contributed by atoms with Gasteiger partial charge in [-0.1, -0.05) is 0 Å². The van der Waals surface area contributed by atoms with Crippen molar-refractivity contribution < 1.29 is 38.5 Å². The van der Waals surface area contributed by atoms with Gasteiger partial charge < -0.3 is 28.8 Å². The molecule has 2 saturated heterocycles. The molecule has 132 valence electrons. The number of aliphatic hydroxyl groups excluding tert-OH is 1. The zero-order valence-electron chi connectivity index (χ0n) is 13.1. The molecule has 7 unspecified atom stereocenters. The molecule has 2 fully saturated rings. The molecule has 0 radical (unpaired) electrons. The van der Waals surface area contributed by atoms with Gasteiger partial charge in [-0.05, 0) is 20.8 Å². The maximum atomic E-state index is 11.8. The van der Waals surface area contributed by atoms with E-state index in [0.717, 1.165) is 0 Å². The summed E-state index contributed by atoms with van der Waals surface area (Å²) in [6, 6.07) is -1.97. The molecule has 2 aliphatic rings. The summed E-state index contributed by atoms with van der Waals surface area (Å²) in [5.74, 6) is -1.12. The van der Waals surface area contributed by atoms with E-state index in [1.807, 2.05) is 0 Å². The Bertz CT molecular complexity index is 445. The Balaban J connectivity index is 2.20. The van der Waals surface area contributed by atoms with Gasteiger partial charge in [0.25, 0.3) is 0 Å². The van der Waals surface area contributed by atoms with Crippen LogP contribution in [0.25, 0.3) is 0 Å². The summed E-state index contributed by atoms with van der Waals surface area (Å²) in [6.45, 7) is 4.92. The normalized spacial score (nSPS) is 36.6. The SMILES string of the molecule is CCOC(=O)C(C(O)C1OC(C)OC2COC(C)OC21)[N+](=O)[O-]. The van der Waals surface area contributed by atoms with Crippen molar-refractivity contribution in [1.82, 2.24) is 0 Å². The fraction of sp³-hybridized carbons (Fsp3) is 0.923. The van der Waals surface area contributed by atoms with Gasteiger partial charge in [-0.25, -0.2) is 4.79 Å². The number of nitro groups is 1. The molecule has 0 amide bonds. The summed E-state index contributed by atoms with van der Waals surface area (Å²) in [5.41, 5.74) is 0. The topological polar surface area (TPSA) is 127 Å². The van der Waals surface area contributed by atoms with Crippen molar-refractivity contribution in [3.8, 4) is 0 Å². The second kappa shape index (κ2) is 7.49. The van der Waals surface area contributed by atoms with Crippen LogP contribution < -0.4 is 0 Å². The minimum Gasteiger partial charge on any atom is -0.461 e. The lowest BCUT2D eigenvalue weighted by Crippen LogP contribution is -2.63. The largest absolute Gasteiger partial charge is 0.461 e. The van der Waals surface area contributed by atoms with Crippen molar-refractivity contribution in [2.45, 2.75) is 63.8 Å². The second-order valence-electron chi connectivity index (χ2n) is 5.32. The predicted octanol–water partition coefficient (Wildman–Crippen LogP) is -0.553. The van der Waals surface area contributed by atoms with Gasteiger partial charge in [-0.2, -0.15) is 0 Å². The standard InChI is InChI=1S/C13H21NO9/c1-4-19-13(16)9(14(17)18)10(15)12-11-8(21-7(3)23-12)5-20-6(2)22-11/h6-12,15H,4-5H2,1-3H3. The number of nitrogens with zero attached hydrogens (tertiary/aromatic N) is 1. The number of ether oxygens (including phenoxy) is 5. The molecular weight excluding hydrogens is 314 g/mol. The van der Waals surface area contributed by atoms with Gasteiger partial charge in [0, 0.05) is 4.92 Å². The number of hydrogen-bond donors (Lipinski definition) is 1. The second-order valence-corrected chi connectivity index (χ2v) is 5.32. The molecule has 2 rings (SSSR count). The number of fused-ring (bicyclic) bond motifs is 1. The number of carbonyl (C=O) groups excluding carboxylic acids is 1. The van der Waals surface area contributed by atoms with E-state index in [1.54, 1.807) is 13.8 Å². The van der Waals surface area contributed by atoms with Gasteiger partial charge in [0.15, 0.2) is 18.7 Å². The highest BCUT2D eigenvalue weighted by Gasteiger charge is 2.53. The van der Waals surface area contributed by atoms with E-state index < -0.39 is 53.9 Å². The smallest absolute Gasteiger partial charge is 0.384 e. The summed E-state index contributed by atoms with van der Waals surface area (Å²) < 4.78 is 26.5. The Kier molecular flexibility index (Phi) is 5.87. The van der Waals surface area contributed by atoms with Crippen LogP contribution >= 0.6 is 0 Å². The Labute approximate surface area is 132 Å². The quantitative estimate of drug-likeness (QED) is 0.400. The fourth-order valence-corrected chi connectivity index (χ4v) is 2.69. The van der Waals surface area contributed by atoms with Crippen LogP contribution in [0.15, 0.2) is 0 Å². The van der Waals surface area contributed by atoms with Gasteiger partial charge >= 0.3 is 12.0 Å². The highest BCUT2D eigenvalue weighted by atomic mass is 16.8. The first-order valence-electron chi connectivity index (χ1n) is 7.41. The van der Waals surface area contributed by atoms with Crippen LogP contribution in [0.5, 0.6) is 0 Å². The monoisotopic (exact) mass is 335 g/mol. The van der Waals surface area contributed by atoms with Gasteiger partial charge in [-0.15, -0.1) is 0 Å². The van der Waals surface area contributed by atoms with E-state index in [4.69, 9.17) is 18.9 Å². The number of carbonyl (C=O) groups is 1. The Morgan fingerprint density at radius 1 is 1.35 bits per heavy atom. The molecule has 0 spiro atoms. The summed E-state index contributed by atoms with van der Waals surface area (Å²) >= 11 is 0. The molecule has 0 aromatic heterocycles. The predicted molar refractivity (Wildman–Crippen MR) is 72.9 cm³/mol. The van der Waals surface area contributed by atoms with Gasteiger partial charge in [0.1, 0.15) is 18.3 Å². The van der Waals surface area contributed by atoms with Crippen molar-refractivity contribution in [3.05, 3.63) is 10.1 Å². The molecule has 0 aliphatic carbocycles. The fourth-order valence-electron chi connectivity index (χ4n) is 2.69. The zero-order chi connectivity index (χ0) is 17.1. The summed E-state index contributed by atoms with van der Waals surface area (Å²) in [6.07, 6.45) is -5.51. The number of esters is 1. The Morgan fingerprint density at radius 2 is 2.04 bits per heavy atom. The van der Waals surface area contributed by atoms with Gasteiger partial charge in [-0.3, -0.25) is 10.1 Å². The average Bonchev–Trinajstić information content (AvgIpc) is 2.46. The van der Waals surface area contributed by atoms with Crippen LogP contribution in [0.3, 0.4) is 0 Å².